The molecule has 1 atom stereocenters. The third-order valence-electron chi connectivity index (χ3n) is 4.76. The van der Waals surface area contributed by atoms with Crippen molar-refractivity contribution in [1.82, 2.24) is 15.2 Å². The van der Waals surface area contributed by atoms with Crippen molar-refractivity contribution in [2.75, 3.05) is 13.1 Å². The third-order valence-corrected chi connectivity index (χ3v) is 5.96. The van der Waals surface area contributed by atoms with Crippen LogP contribution in [0.15, 0.2) is 24.3 Å². The molecule has 0 spiro atoms. The number of hydrogen-bond acceptors (Lipinski definition) is 4. The van der Waals surface area contributed by atoms with Gasteiger partial charge in [-0.25, -0.2) is 4.98 Å². The van der Waals surface area contributed by atoms with Crippen LogP contribution in [0.3, 0.4) is 0 Å². The number of aromatic nitrogens is 1. The largest absolute Gasteiger partial charge is 0.344 e. The first-order valence-electron chi connectivity index (χ1n) is 8.87. The highest BCUT2D eigenvalue weighted by molar-refractivity contribution is 7.18. The number of amides is 2. The molecule has 1 saturated heterocycles. The molecule has 0 unspecified atom stereocenters. The first-order valence-corrected chi connectivity index (χ1v) is 9.68. The molecule has 0 radical (unpaired) electrons. The Morgan fingerprint density at radius 1 is 1.24 bits per heavy atom. The number of likely N-dealkylation sites (tertiary alicyclic amines) is 1. The summed E-state index contributed by atoms with van der Waals surface area (Å²) in [5.41, 5.74) is 1.06. The molecule has 3 rings (SSSR count). The summed E-state index contributed by atoms with van der Waals surface area (Å²) in [6.45, 7) is 6.84. The molecule has 2 heterocycles. The van der Waals surface area contributed by atoms with Gasteiger partial charge in [-0.2, -0.15) is 0 Å². The van der Waals surface area contributed by atoms with Crippen LogP contribution in [0.1, 0.15) is 44.5 Å². The topological polar surface area (TPSA) is 62.3 Å². The molecule has 1 aromatic heterocycles. The van der Waals surface area contributed by atoms with E-state index in [9.17, 15) is 9.59 Å². The monoisotopic (exact) mass is 359 g/mol. The first-order chi connectivity index (χ1) is 12.0. The summed E-state index contributed by atoms with van der Waals surface area (Å²) in [5, 5.41) is 3.97. The van der Waals surface area contributed by atoms with Gasteiger partial charge in [0.25, 0.3) is 0 Å². The van der Waals surface area contributed by atoms with Crippen molar-refractivity contribution in [3.05, 3.63) is 29.3 Å². The van der Waals surface area contributed by atoms with Crippen LogP contribution in [0.4, 0.5) is 0 Å². The number of carbonyl (C=O) groups excluding carboxylic acids is 2. The predicted octanol–water partition coefficient (Wildman–Crippen LogP) is 3.16. The van der Waals surface area contributed by atoms with Crippen molar-refractivity contribution >= 4 is 33.4 Å². The Balaban J connectivity index is 1.64. The Morgan fingerprint density at radius 2 is 1.92 bits per heavy atom. The van der Waals surface area contributed by atoms with Crippen molar-refractivity contribution < 1.29 is 9.59 Å². The van der Waals surface area contributed by atoms with E-state index in [0.29, 0.717) is 5.92 Å². The molecule has 25 heavy (non-hydrogen) atoms. The second-order valence-corrected chi connectivity index (χ2v) is 8.10. The molecule has 1 N–H and O–H groups in total. The zero-order valence-corrected chi connectivity index (χ0v) is 15.8. The van der Waals surface area contributed by atoms with Gasteiger partial charge in [-0.15, -0.1) is 11.3 Å². The molecule has 0 aliphatic carbocycles. The van der Waals surface area contributed by atoms with Crippen LogP contribution in [0, 0.1) is 5.92 Å². The summed E-state index contributed by atoms with van der Waals surface area (Å²) in [6, 6.07) is 7.78. The highest BCUT2D eigenvalue weighted by Gasteiger charge is 2.31. The van der Waals surface area contributed by atoms with E-state index < -0.39 is 6.04 Å². The fraction of sp³-hybridized carbons (Fsp3) is 0.526. The lowest BCUT2D eigenvalue weighted by molar-refractivity contribution is -0.138. The summed E-state index contributed by atoms with van der Waals surface area (Å²) < 4.78 is 1.22. The highest BCUT2D eigenvalue weighted by atomic mass is 32.1. The van der Waals surface area contributed by atoms with Crippen molar-refractivity contribution in [3.63, 3.8) is 0 Å². The SMILES string of the molecule is CC(=O)N[C@@H](C(=O)N1CCC(c2nc3ccccc3s2)CC1)C(C)C. The minimum absolute atomic E-state index is 0.0351. The number of rotatable bonds is 4. The Bertz CT molecular complexity index is 730. The third kappa shape index (κ3) is 4.00. The van der Waals surface area contributed by atoms with Gasteiger partial charge in [0.15, 0.2) is 0 Å². The van der Waals surface area contributed by atoms with Gasteiger partial charge in [0, 0.05) is 25.9 Å². The summed E-state index contributed by atoms with van der Waals surface area (Å²) in [7, 11) is 0. The number of fused-ring (bicyclic) bond motifs is 1. The smallest absolute Gasteiger partial charge is 0.245 e. The molecule has 2 aromatic rings. The predicted molar refractivity (Wildman–Crippen MR) is 101 cm³/mol. The van der Waals surface area contributed by atoms with Gasteiger partial charge >= 0.3 is 0 Å². The molecule has 0 bridgehead atoms. The van der Waals surface area contributed by atoms with Gasteiger partial charge in [0.1, 0.15) is 6.04 Å². The van der Waals surface area contributed by atoms with Crippen LogP contribution in [-0.4, -0.2) is 40.8 Å². The Labute approximate surface area is 152 Å². The summed E-state index contributed by atoms with van der Waals surface area (Å²) >= 11 is 1.76. The molecule has 5 nitrogen and oxygen atoms in total. The molecule has 1 aliphatic rings. The fourth-order valence-corrected chi connectivity index (χ4v) is 4.48. The highest BCUT2D eigenvalue weighted by Crippen LogP contribution is 2.34. The van der Waals surface area contributed by atoms with E-state index in [4.69, 9.17) is 4.98 Å². The maximum Gasteiger partial charge on any atom is 0.245 e. The molecule has 0 saturated carbocycles. The Kier molecular flexibility index (Phi) is 5.37. The molecular weight excluding hydrogens is 334 g/mol. The van der Waals surface area contributed by atoms with Crippen molar-refractivity contribution in [2.45, 2.75) is 45.6 Å². The molecule has 134 valence electrons. The maximum absolute atomic E-state index is 12.8. The van der Waals surface area contributed by atoms with Crippen LogP contribution in [-0.2, 0) is 9.59 Å². The van der Waals surface area contributed by atoms with Crippen LogP contribution >= 0.6 is 11.3 Å². The van der Waals surface area contributed by atoms with Gasteiger partial charge in [0.2, 0.25) is 11.8 Å². The van der Waals surface area contributed by atoms with E-state index in [1.807, 2.05) is 30.9 Å². The van der Waals surface area contributed by atoms with Crippen LogP contribution in [0.25, 0.3) is 10.2 Å². The van der Waals surface area contributed by atoms with Gasteiger partial charge in [-0.1, -0.05) is 26.0 Å². The molecular formula is C19H25N3O2S. The lowest BCUT2D eigenvalue weighted by Gasteiger charge is -2.34. The van der Waals surface area contributed by atoms with E-state index in [2.05, 4.69) is 17.4 Å². The molecule has 1 aromatic carbocycles. The Morgan fingerprint density at radius 3 is 2.52 bits per heavy atom. The summed E-state index contributed by atoms with van der Waals surface area (Å²) in [6.07, 6.45) is 1.85. The lowest BCUT2D eigenvalue weighted by atomic mass is 9.95. The number of nitrogens with zero attached hydrogens (tertiary/aromatic N) is 2. The zero-order chi connectivity index (χ0) is 18.0. The number of benzene rings is 1. The van der Waals surface area contributed by atoms with Crippen molar-refractivity contribution in [3.8, 4) is 0 Å². The lowest BCUT2D eigenvalue weighted by Crippen LogP contribution is -2.52. The van der Waals surface area contributed by atoms with E-state index in [1.165, 1.54) is 16.6 Å². The average Bonchev–Trinajstić information content (AvgIpc) is 3.03. The van der Waals surface area contributed by atoms with E-state index >= 15 is 0 Å². The van der Waals surface area contributed by atoms with E-state index in [0.717, 1.165) is 31.4 Å². The van der Waals surface area contributed by atoms with Gasteiger partial charge in [-0.3, -0.25) is 9.59 Å². The normalized spacial score (nSPS) is 17.0. The Hall–Kier alpha value is -1.95. The molecule has 1 aliphatic heterocycles. The number of carbonyl (C=O) groups is 2. The maximum atomic E-state index is 12.8. The van der Waals surface area contributed by atoms with Crippen LogP contribution < -0.4 is 5.32 Å². The van der Waals surface area contributed by atoms with Crippen LogP contribution in [0.2, 0.25) is 0 Å². The van der Waals surface area contributed by atoms with Gasteiger partial charge in [-0.05, 0) is 30.9 Å². The second kappa shape index (κ2) is 7.52. The van der Waals surface area contributed by atoms with E-state index in [-0.39, 0.29) is 17.7 Å². The number of hydrogen-bond donors (Lipinski definition) is 1. The second-order valence-electron chi connectivity index (χ2n) is 7.04. The molecule has 6 heteroatoms. The summed E-state index contributed by atoms with van der Waals surface area (Å²) in [4.78, 5) is 30.8. The number of thiazole rings is 1. The van der Waals surface area contributed by atoms with Gasteiger partial charge < -0.3 is 10.2 Å². The van der Waals surface area contributed by atoms with Crippen molar-refractivity contribution in [1.29, 1.82) is 0 Å². The van der Waals surface area contributed by atoms with Crippen LogP contribution in [0.5, 0.6) is 0 Å². The molecule has 2 amide bonds. The minimum atomic E-state index is -0.434. The summed E-state index contributed by atoms with van der Waals surface area (Å²) in [5.74, 6) is 0.377. The first kappa shape index (κ1) is 17.9. The standard InChI is InChI=1S/C19H25N3O2S/c1-12(2)17(20-13(3)23)19(24)22-10-8-14(9-11-22)18-21-15-6-4-5-7-16(15)25-18/h4-7,12,14,17H,8-11H2,1-3H3,(H,20,23)/t17-/m1/s1. The quantitative estimate of drug-likeness (QED) is 0.912. The van der Waals surface area contributed by atoms with Crippen molar-refractivity contribution in [2.24, 2.45) is 5.92 Å². The average molecular weight is 359 g/mol. The number of nitrogens with one attached hydrogen (secondary N) is 1. The minimum Gasteiger partial charge on any atom is -0.344 e. The molecule has 1 fully saturated rings. The number of piperidine rings is 1. The van der Waals surface area contributed by atoms with E-state index in [1.54, 1.807) is 11.3 Å². The number of para-hydroxylation sites is 1. The van der Waals surface area contributed by atoms with Gasteiger partial charge in [0.05, 0.1) is 15.2 Å². The fourth-order valence-electron chi connectivity index (χ4n) is 3.34. The zero-order valence-electron chi connectivity index (χ0n) is 15.0.